The molecule has 99 heavy (non-hydrogen) atoms. The number of carboxylic acid groups (broad SMARTS) is 1. The maximum absolute atomic E-state index is 14.6. The highest BCUT2D eigenvalue weighted by atomic mass is 16.7. The highest BCUT2D eigenvalue weighted by Crippen LogP contribution is 2.39. The van der Waals surface area contributed by atoms with Crippen molar-refractivity contribution in [3.63, 3.8) is 0 Å². The van der Waals surface area contributed by atoms with Crippen LogP contribution in [-0.2, 0) is 79.8 Å². The van der Waals surface area contributed by atoms with Crippen molar-refractivity contribution in [3.8, 4) is 0 Å². The first-order valence-corrected chi connectivity index (χ1v) is 33.6. The minimum Gasteiger partial charge on any atom is -0.479 e. The fourth-order valence-electron chi connectivity index (χ4n) is 14.1. The summed E-state index contributed by atoms with van der Waals surface area (Å²) in [4.78, 5) is 94.0. The van der Waals surface area contributed by atoms with Crippen LogP contribution in [0.3, 0.4) is 0 Å². The molecule has 5 heterocycles. The van der Waals surface area contributed by atoms with Crippen molar-refractivity contribution in [1.82, 2.24) is 21.3 Å². The summed E-state index contributed by atoms with van der Waals surface area (Å²) in [7, 11) is 0. The van der Waals surface area contributed by atoms with Crippen LogP contribution in [0.2, 0.25) is 0 Å². The van der Waals surface area contributed by atoms with Gasteiger partial charge in [0.2, 0.25) is 23.6 Å². The van der Waals surface area contributed by atoms with E-state index in [0.717, 1.165) is 39.0 Å². The Kier molecular flexibility index (Phi) is 25.8. The van der Waals surface area contributed by atoms with Gasteiger partial charge in [0.25, 0.3) is 0 Å². The number of hydrogen-bond donors (Lipinski definition) is 14. The second-order valence-electron chi connectivity index (χ2n) is 26.5. The smallest absolute Gasteiger partial charge is 0.341 e. The normalized spacial score (nSPS) is 34.8. The Labute approximate surface area is 567 Å². The summed E-state index contributed by atoms with van der Waals surface area (Å²) >= 11 is 0. The third-order valence-corrected chi connectivity index (χ3v) is 19.4. The fourth-order valence-corrected chi connectivity index (χ4v) is 14.1. The molecule has 3 aliphatic carbocycles. The molecule has 6 fully saturated rings. The molecule has 3 saturated carbocycles. The number of rotatable bonds is 26. The van der Waals surface area contributed by atoms with Gasteiger partial charge in [0.15, 0.2) is 25.0 Å². The number of hydrogen-bond acceptors (Lipinski definition) is 27. The predicted molar refractivity (Wildman–Crippen MR) is 339 cm³/mol. The van der Waals surface area contributed by atoms with Gasteiger partial charge in [0, 0.05) is 49.5 Å². The van der Waals surface area contributed by atoms with Gasteiger partial charge in [-0.15, -0.1) is 0 Å². The highest BCUT2D eigenvalue weighted by molar-refractivity contribution is 5.81. The zero-order chi connectivity index (χ0) is 70.9. The largest absolute Gasteiger partial charge is 0.479 e. The molecule has 6 aliphatic rings. The molecule has 32 heteroatoms. The zero-order valence-corrected chi connectivity index (χ0v) is 54.8. The van der Waals surface area contributed by atoms with Crippen molar-refractivity contribution in [1.29, 1.82) is 0 Å². The van der Waals surface area contributed by atoms with Crippen LogP contribution >= 0.6 is 0 Å². The molecule has 0 bridgehead atoms. The molecule has 10 rings (SSSR count). The number of carbonyl (C=O) groups excluding carboxylic acids is 4. The van der Waals surface area contributed by atoms with Gasteiger partial charge in [-0.25, -0.2) is 14.4 Å². The Hall–Kier alpha value is -6.51. The third-order valence-electron chi connectivity index (χ3n) is 19.4. The summed E-state index contributed by atoms with van der Waals surface area (Å²) in [6.07, 6.45) is -28.2. The molecule has 4 amide bonds. The SMILES string of the molecule is CC(=O)NC1CC(C(=O)NCCNC(=O)C2CC(OCc3cc4ccccc4oc3=O)C(O)[C@H](O[C@@H]3OC(CO)[C@H](O)C(OCc4cc5ccccc5oc4=O)C3O)C2)C[C@@H](O[C@@H]2OC(CO)[C@H](O)C(O[C@@H](CC3CCCCC3)C(=O)O)C2NC(C)=O)C1O[C@@H]1OC(C)[C@@H](O)C(O)C1O. The van der Waals surface area contributed by atoms with E-state index >= 15 is 0 Å². The van der Waals surface area contributed by atoms with E-state index in [1.165, 1.54) is 19.9 Å². The number of para-hydroxylation sites is 2. The van der Waals surface area contributed by atoms with E-state index in [1.807, 2.05) is 0 Å². The molecule has 3 aliphatic heterocycles. The topological polar surface area (TPSA) is 479 Å². The monoisotopic (exact) mass is 1400 g/mol. The summed E-state index contributed by atoms with van der Waals surface area (Å²) in [5.41, 5.74) is -0.752. The first-order chi connectivity index (χ1) is 47.4. The quantitative estimate of drug-likeness (QED) is 0.0241. The molecule has 32 nitrogen and oxygen atoms in total. The van der Waals surface area contributed by atoms with Crippen LogP contribution in [0.5, 0.6) is 0 Å². The van der Waals surface area contributed by atoms with E-state index < -0.39 is 214 Å². The Balaban J connectivity index is 0.855. The van der Waals surface area contributed by atoms with Crippen LogP contribution in [0.4, 0.5) is 0 Å². The van der Waals surface area contributed by atoms with Gasteiger partial charge < -0.3 is 124 Å². The summed E-state index contributed by atoms with van der Waals surface area (Å²) in [6.45, 7) is 0.703. The lowest BCUT2D eigenvalue weighted by Gasteiger charge is -2.49. The number of aliphatic hydroxyl groups is 9. The number of ether oxygens (including phenoxy) is 9. The summed E-state index contributed by atoms with van der Waals surface area (Å²) in [6, 6.07) is 13.8. The molecule has 0 radical (unpaired) electrons. The average molecular weight is 1400 g/mol. The van der Waals surface area contributed by atoms with Crippen LogP contribution in [0.1, 0.15) is 96.1 Å². The van der Waals surface area contributed by atoms with Gasteiger partial charge in [-0.3, -0.25) is 19.2 Å². The number of aliphatic carboxylic acids is 1. The van der Waals surface area contributed by atoms with Crippen molar-refractivity contribution in [2.75, 3.05) is 26.3 Å². The Morgan fingerprint density at radius 2 is 1.08 bits per heavy atom. The van der Waals surface area contributed by atoms with Gasteiger partial charge in [-0.05, 0) is 69.2 Å². The van der Waals surface area contributed by atoms with Crippen molar-refractivity contribution in [2.45, 2.75) is 233 Å². The van der Waals surface area contributed by atoms with Crippen LogP contribution in [0.25, 0.3) is 21.9 Å². The molecule has 2 aromatic heterocycles. The van der Waals surface area contributed by atoms with Crippen molar-refractivity contribution in [3.05, 3.63) is 92.6 Å². The first-order valence-electron chi connectivity index (χ1n) is 33.6. The average Bonchev–Trinajstić information content (AvgIpc) is 0.781. The molecular weight excluding hydrogens is 1310 g/mol. The lowest BCUT2D eigenvalue weighted by Crippen LogP contribution is -2.68. The molecule has 546 valence electrons. The van der Waals surface area contributed by atoms with Crippen LogP contribution in [-0.4, -0.2) is 242 Å². The number of nitrogens with one attached hydrogen (secondary N) is 4. The van der Waals surface area contributed by atoms with E-state index in [1.54, 1.807) is 54.6 Å². The van der Waals surface area contributed by atoms with E-state index in [9.17, 15) is 84.6 Å². The van der Waals surface area contributed by atoms with Gasteiger partial charge >= 0.3 is 17.2 Å². The lowest BCUT2D eigenvalue weighted by atomic mass is 9.80. The number of benzene rings is 2. The van der Waals surface area contributed by atoms with Crippen molar-refractivity contribution >= 4 is 51.5 Å². The molecule has 24 atom stereocenters. The first kappa shape index (κ1) is 75.2. The molecular formula is C67H90N4O28. The van der Waals surface area contributed by atoms with Gasteiger partial charge in [0.1, 0.15) is 90.5 Å². The summed E-state index contributed by atoms with van der Waals surface area (Å²) in [5, 5.41) is 123. The number of carboxylic acids is 1. The molecule has 4 aromatic rings. The Morgan fingerprint density at radius 3 is 1.67 bits per heavy atom. The van der Waals surface area contributed by atoms with E-state index in [2.05, 4.69) is 21.3 Å². The second-order valence-corrected chi connectivity index (χ2v) is 26.5. The maximum atomic E-state index is 14.6. The predicted octanol–water partition coefficient (Wildman–Crippen LogP) is -1.90. The minimum absolute atomic E-state index is 0.0332. The van der Waals surface area contributed by atoms with E-state index in [0.29, 0.717) is 21.9 Å². The Bertz CT molecular complexity index is 3520. The maximum Gasteiger partial charge on any atom is 0.341 e. The standard InChI is InChI=1S/C67H90N4O28/c1-30-50(76)54(80)55(81)66(91-30)99-57-40(70-31(2)74)22-36(25-45(57)96-65-49(71-32(3)75)58(52(78)47(26-72)97-65)92-46(62(85)86)19-33-11-5-4-6-12-33)60(83)68-17-18-69-61(84)37-23-43(89-28-38-20-34-13-7-9-15-41(34)93-63(38)87)51(77)44(24-37)95-67-56(82)59(53(79)48(27-73)98-67)90-29-39-21-35-14-8-10-16-42(35)94-64(39)88/h7-10,13-16,20-21,30,33,36-37,40,43-59,65-67,72-73,76-82H,4-6,11-12,17-19,22-29H2,1-3H3,(H,68,83)(H,69,84)(H,70,74)(H,71,75)(H,85,86)/t30?,36?,37?,40?,43?,44-,45-,46+,47?,48?,49?,50-,51?,52+,53+,54?,55?,56?,57?,58?,59?,65-,66+,67-/m1/s1. The van der Waals surface area contributed by atoms with Crippen LogP contribution < -0.4 is 32.5 Å². The summed E-state index contributed by atoms with van der Waals surface area (Å²) < 4.78 is 66.3. The fraction of sp³-hybridized carbons (Fsp3) is 0.657. The lowest BCUT2D eigenvalue weighted by molar-refractivity contribution is -0.335. The molecule has 14 N–H and O–H groups in total. The van der Waals surface area contributed by atoms with Crippen LogP contribution in [0.15, 0.2) is 79.1 Å². The second kappa shape index (κ2) is 34.0. The zero-order valence-electron chi connectivity index (χ0n) is 54.8. The van der Waals surface area contributed by atoms with E-state index in [-0.39, 0.29) is 62.2 Å². The molecule has 15 unspecified atom stereocenters. The molecule has 0 spiro atoms. The molecule has 3 saturated heterocycles. The van der Waals surface area contributed by atoms with Crippen LogP contribution in [0, 0.1) is 17.8 Å². The number of carbonyl (C=O) groups is 5. The van der Waals surface area contributed by atoms with Gasteiger partial charge in [-0.2, -0.15) is 0 Å². The molecule has 2 aromatic carbocycles. The number of fused-ring (bicyclic) bond motifs is 2. The number of amides is 4. The third kappa shape index (κ3) is 18.2. The number of aliphatic hydroxyl groups excluding tert-OH is 9. The minimum atomic E-state index is -1.88. The highest BCUT2D eigenvalue weighted by Gasteiger charge is 2.55. The van der Waals surface area contributed by atoms with Gasteiger partial charge in [-0.1, -0.05) is 68.5 Å². The van der Waals surface area contributed by atoms with E-state index in [4.69, 9.17) is 51.5 Å². The van der Waals surface area contributed by atoms with Crippen molar-refractivity contribution < 1.29 is 127 Å². The summed E-state index contributed by atoms with van der Waals surface area (Å²) in [5.74, 6) is -6.18. The van der Waals surface area contributed by atoms with Gasteiger partial charge in [0.05, 0.1) is 68.0 Å². The van der Waals surface area contributed by atoms with Crippen molar-refractivity contribution in [2.24, 2.45) is 17.8 Å². The Morgan fingerprint density at radius 1 is 0.556 bits per heavy atom.